The van der Waals surface area contributed by atoms with Gasteiger partial charge in [-0.25, -0.2) is 0 Å². The van der Waals surface area contributed by atoms with Gasteiger partial charge in [-0.3, -0.25) is 4.98 Å². The van der Waals surface area contributed by atoms with Crippen molar-refractivity contribution in [1.82, 2.24) is 4.98 Å². The van der Waals surface area contributed by atoms with Crippen molar-refractivity contribution in [2.45, 2.75) is 18.4 Å². The van der Waals surface area contributed by atoms with Crippen LogP contribution in [-0.2, 0) is 12.0 Å². The Bertz CT molecular complexity index is 629. The summed E-state index contributed by atoms with van der Waals surface area (Å²) in [7, 11) is 0. The number of allylic oxidation sites excluding steroid dienone is 2. The van der Waals surface area contributed by atoms with Gasteiger partial charge in [0, 0.05) is 18.3 Å². The summed E-state index contributed by atoms with van der Waals surface area (Å²) in [5.41, 5.74) is 9.63. The fourth-order valence-electron chi connectivity index (χ4n) is 2.50. The van der Waals surface area contributed by atoms with Crippen LogP contribution in [0.1, 0.15) is 17.7 Å². The van der Waals surface area contributed by atoms with Gasteiger partial charge in [-0.1, -0.05) is 54.6 Å². The molecule has 1 aliphatic rings. The minimum Gasteiger partial charge on any atom is -0.318 e. The van der Waals surface area contributed by atoms with Gasteiger partial charge in [-0.05, 0) is 29.7 Å². The highest BCUT2D eigenvalue weighted by atomic mass is 14.7. The molecule has 1 aromatic heterocycles. The molecule has 0 saturated carbocycles. The Morgan fingerprint density at radius 3 is 2.50 bits per heavy atom. The lowest BCUT2D eigenvalue weighted by Gasteiger charge is -2.28. The second-order valence-corrected chi connectivity index (χ2v) is 5.22. The molecule has 2 aromatic rings. The van der Waals surface area contributed by atoms with Crippen molar-refractivity contribution in [2.24, 2.45) is 5.73 Å². The molecule has 0 saturated heterocycles. The summed E-state index contributed by atoms with van der Waals surface area (Å²) >= 11 is 0. The number of nitrogens with zero attached hydrogens (tertiary/aromatic N) is 1. The number of aromatic nitrogens is 1. The number of hydrogen-bond acceptors (Lipinski definition) is 2. The van der Waals surface area contributed by atoms with Gasteiger partial charge in [0.05, 0.1) is 5.54 Å². The van der Waals surface area contributed by atoms with Gasteiger partial charge in [0.15, 0.2) is 0 Å². The maximum atomic E-state index is 6.49. The average molecular weight is 262 g/mol. The molecule has 0 amide bonds. The lowest BCUT2D eigenvalue weighted by atomic mass is 9.82. The predicted octanol–water partition coefficient (Wildman–Crippen LogP) is 3.36. The third-order valence-corrected chi connectivity index (χ3v) is 3.72. The van der Waals surface area contributed by atoms with Crippen LogP contribution in [0.5, 0.6) is 0 Å². The van der Waals surface area contributed by atoms with Gasteiger partial charge in [0.1, 0.15) is 0 Å². The highest BCUT2D eigenvalue weighted by Crippen LogP contribution is 2.29. The van der Waals surface area contributed by atoms with E-state index in [-0.39, 0.29) is 5.54 Å². The molecule has 20 heavy (non-hydrogen) atoms. The standard InChI is InChI=1S/C18H18N2/c19-18(16-6-2-1-3-7-16)11-9-15(10-12-18)14-17-8-4-5-13-20-17/h1-11,13H,12,14,19H2. The van der Waals surface area contributed by atoms with E-state index in [0.717, 1.165) is 24.1 Å². The minimum atomic E-state index is -0.380. The second kappa shape index (κ2) is 5.43. The summed E-state index contributed by atoms with van der Waals surface area (Å²) in [6.45, 7) is 0. The largest absolute Gasteiger partial charge is 0.318 e. The first-order valence-corrected chi connectivity index (χ1v) is 6.89. The predicted molar refractivity (Wildman–Crippen MR) is 82.1 cm³/mol. The summed E-state index contributed by atoms with van der Waals surface area (Å²) in [6, 6.07) is 16.3. The molecule has 1 heterocycles. The molecule has 0 fully saturated rings. The Morgan fingerprint density at radius 2 is 1.85 bits per heavy atom. The molecule has 1 aromatic carbocycles. The Kier molecular flexibility index (Phi) is 3.48. The molecule has 0 bridgehead atoms. The van der Waals surface area contributed by atoms with Gasteiger partial charge >= 0.3 is 0 Å². The van der Waals surface area contributed by atoms with Crippen LogP contribution in [0.4, 0.5) is 0 Å². The number of nitrogens with two attached hydrogens (primary N) is 1. The first-order chi connectivity index (χ1) is 9.76. The summed E-state index contributed by atoms with van der Waals surface area (Å²) in [5.74, 6) is 0. The van der Waals surface area contributed by atoms with Crippen LogP contribution in [0.25, 0.3) is 0 Å². The molecule has 2 heteroatoms. The van der Waals surface area contributed by atoms with E-state index in [1.807, 2.05) is 36.5 Å². The molecule has 3 rings (SSSR count). The number of rotatable bonds is 3. The van der Waals surface area contributed by atoms with E-state index in [4.69, 9.17) is 5.73 Å². The van der Waals surface area contributed by atoms with Gasteiger partial charge < -0.3 is 5.73 Å². The smallest absolute Gasteiger partial charge is 0.0633 e. The zero-order valence-corrected chi connectivity index (χ0v) is 11.4. The van der Waals surface area contributed by atoms with E-state index in [1.54, 1.807) is 0 Å². The number of benzene rings is 1. The van der Waals surface area contributed by atoms with Crippen molar-refractivity contribution in [3.63, 3.8) is 0 Å². The fourth-order valence-corrected chi connectivity index (χ4v) is 2.50. The van der Waals surface area contributed by atoms with Gasteiger partial charge in [0.25, 0.3) is 0 Å². The minimum absolute atomic E-state index is 0.380. The van der Waals surface area contributed by atoms with Gasteiger partial charge in [-0.15, -0.1) is 0 Å². The summed E-state index contributed by atoms with van der Waals surface area (Å²) in [6.07, 6.45) is 9.99. The van der Waals surface area contributed by atoms with Crippen LogP contribution >= 0.6 is 0 Å². The molecule has 0 spiro atoms. The lowest BCUT2D eigenvalue weighted by molar-refractivity contribution is 0.561. The SMILES string of the molecule is NC1(c2ccccc2)C=CC(Cc2ccccn2)=CC1. The average Bonchev–Trinajstić information content (AvgIpc) is 2.52. The second-order valence-electron chi connectivity index (χ2n) is 5.22. The van der Waals surface area contributed by atoms with Crippen molar-refractivity contribution >= 4 is 0 Å². The zero-order chi connectivity index (χ0) is 13.8. The third-order valence-electron chi connectivity index (χ3n) is 3.72. The van der Waals surface area contributed by atoms with Crippen molar-refractivity contribution in [2.75, 3.05) is 0 Å². The molecule has 2 N–H and O–H groups in total. The van der Waals surface area contributed by atoms with Crippen molar-refractivity contribution < 1.29 is 0 Å². The Morgan fingerprint density at radius 1 is 1.05 bits per heavy atom. The zero-order valence-electron chi connectivity index (χ0n) is 11.4. The summed E-state index contributed by atoms with van der Waals surface area (Å²) < 4.78 is 0. The molecular formula is C18H18N2. The first kappa shape index (κ1) is 12.8. The quantitative estimate of drug-likeness (QED) is 0.921. The maximum absolute atomic E-state index is 6.49. The van der Waals surface area contributed by atoms with E-state index in [2.05, 4.69) is 41.4 Å². The molecule has 1 atom stereocenters. The van der Waals surface area contributed by atoms with E-state index < -0.39 is 0 Å². The van der Waals surface area contributed by atoms with Crippen LogP contribution < -0.4 is 5.73 Å². The summed E-state index contributed by atoms with van der Waals surface area (Å²) in [4.78, 5) is 4.36. The van der Waals surface area contributed by atoms with Gasteiger partial charge in [0.2, 0.25) is 0 Å². The van der Waals surface area contributed by atoms with E-state index >= 15 is 0 Å². The number of pyridine rings is 1. The van der Waals surface area contributed by atoms with Crippen LogP contribution in [-0.4, -0.2) is 4.98 Å². The van der Waals surface area contributed by atoms with Crippen LogP contribution in [0.2, 0.25) is 0 Å². The maximum Gasteiger partial charge on any atom is 0.0633 e. The Balaban J connectivity index is 1.74. The van der Waals surface area contributed by atoms with E-state index in [1.165, 1.54) is 5.57 Å². The third kappa shape index (κ3) is 2.70. The Hall–Kier alpha value is -2.19. The number of hydrogen-bond donors (Lipinski definition) is 1. The van der Waals surface area contributed by atoms with Crippen molar-refractivity contribution in [3.05, 3.63) is 89.8 Å². The molecule has 1 unspecified atom stereocenters. The topological polar surface area (TPSA) is 38.9 Å². The van der Waals surface area contributed by atoms with Crippen LogP contribution in [0.3, 0.4) is 0 Å². The summed E-state index contributed by atoms with van der Waals surface area (Å²) in [5, 5.41) is 0. The molecule has 2 nitrogen and oxygen atoms in total. The molecule has 1 aliphatic carbocycles. The fraction of sp³-hybridized carbons (Fsp3) is 0.167. The highest BCUT2D eigenvalue weighted by molar-refractivity contribution is 5.38. The van der Waals surface area contributed by atoms with Gasteiger partial charge in [-0.2, -0.15) is 0 Å². The molecule has 0 radical (unpaired) electrons. The first-order valence-electron chi connectivity index (χ1n) is 6.89. The normalized spacial score (nSPS) is 21.6. The molecule has 0 aliphatic heterocycles. The van der Waals surface area contributed by atoms with Crippen LogP contribution in [0.15, 0.2) is 78.5 Å². The van der Waals surface area contributed by atoms with E-state index in [0.29, 0.717) is 0 Å². The lowest BCUT2D eigenvalue weighted by Crippen LogP contribution is -2.35. The monoisotopic (exact) mass is 262 g/mol. The Labute approximate surface area is 119 Å². The van der Waals surface area contributed by atoms with Crippen molar-refractivity contribution in [1.29, 1.82) is 0 Å². The van der Waals surface area contributed by atoms with E-state index in [9.17, 15) is 0 Å². The highest BCUT2D eigenvalue weighted by Gasteiger charge is 2.25. The van der Waals surface area contributed by atoms with Crippen molar-refractivity contribution in [3.8, 4) is 0 Å². The molecule has 100 valence electrons. The molecular weight excluding hydrogens is 244 g/mol. The van der Waals surface area contributed by atoms with Crippen LogP contribution in [0, 0.1) is 0 Å².